The van der Waals surface area contributed by atoms with E-state index in [4.69, 9.17) is 9.40 Å². The van der Waals surface area contributed by atoms with E-state index in [0.717, 1.165) is 83.4 Å². The molecule has 51 heavy (non-hydrogen) atoms. The van der Waals surface area contributed by atoms with E-state index >= 15 is 0 Å². The molecule has 2 aromatic heterocycles. The first-order chi connectivity index (χ1) is 24.8. The van der Waals surface area contributed by atoms with Crippen LogP contribution in [0.2, 0.25) is 0 Å². The number of benzene rings is 7. The molecular weight excluding hydrogens is 628 g/mol. The van der Waals surface area contributed by atoms with E-state index in [9.17, 15) is 4.39 Å². The number of imidazole rings is 1. The van der Waals surface area contributed by atoms with Crippen molar-refractivity contribution in [2.24, 2.45) is 0 Å². The Kier molecular flexibility index (Phi) is 7.22. The number of halogens is 1. The standard InChI is InChI=1S/C47H35FN2O/c1-47(2,3)34-28-39(31-13-6-4-7-14-31)44(40(29-34)32-15-8-5-9-16-32)50-42-20-11-10-19-41(42)49-46(50)38-18-12-17-37-36-26-23-33(27-43(36)51-45(37)38)30-21-24-35(48)25-22-30/h4-29H,1-3H3. The quantitative estimate of drug-likeness (QED) is 0.184. The fourth-order valence-electron chi connectivity index (χ4n) is 7.21. The number of nitrogens with zero attached hydrogens (tertiary/aromatic N) is 2. The van der Waals surface area contributed by atoms with Crippen LogP contribution in [0.1, 0.15) is 26.3 Å². The summed E-state index contributed by atoms with van der Waals surface area (Å²) in [5.74, 6) is 0.549. The number of furan rings is 1. The first kappa shape index (κ1) is 30.8. The lowest BCUT2D eigenvalue weighted by Gasteiger charge is -2.26. The average Bonchev–Trinajstić information content (AvgIpc) is 3.73. The second kappa shape index (κ2) is 12.0. The molecule has 0 amide bonds. The third kappa shape index (κ3) is 5.32. The number of fused-ring (bicyclic) bond motifs is 4. The highest BCUT2D eigenvalue weighted by atomic mass is 19.1. The Hall–Kier alpha value is -6.26. The number of rotatable bonds is 5. The molecule has 0 N–H and O–H groups in total. The summed E-state index contributed by atoms with van der Waals surface area (Å²) in [5, 5.41) is 2.03. The third-order valence-corrected chi connectivity index (χ3v) is 9.85. The van der Waals surface area contributed by atoms with Crippen LogP contribution in [-0.2, 0) is 5.41 Å². The number of aromatic nitrogens is 2. The van der Waals surface area contributed by atoms with Gasteiger partial charge in [-0.25, -0.2) is 9.37 Å². The number of hydrogen-bond donors (Lipinski definition) is 0. The predicted octanol–water partition coefficient (Wildman–Crippen LogP) is 13.0. The minimum absolute atomic E-state index is 0.0853. The first-order valence-electron chi connectivity index (χ1n) is 17.3. The van der Waals surface area contributed by atoms with Crippen molar-refractivity contribution in [2.45, 2.75) is 26.2 Å². The summed E-state index contributed by atoms with van der Waals surface area (Å²) in [7, 11) is 0. The summed E-state index contributed by atoms with van der Waals surface area (Å²) in [4.78, 5) is 5.36. The van der Waals surface area contributed by atoms with Crippen molar-refractivity contribution in [2.75, 3.05) is 0 Å². The molecule has 0 aliphatic rings. The smallest absolute Gasteiger partial charge is 0.149 e. The van der Waals surface area contributed by atoms with Crippen molar-refractivity contribution in [1.82, 2.24) is 9.55 Å². The topological polar surface area (TPSA) is 31.0 Å². The largest absolute Gasteiger partial charge is 0.455 e. The van der Waals surface area contributed by atoms with Crippen LogP contribution in [0, 0.1) is 5.82 Å². The molecule has 2 heterocycles. The monoisotopic (exact) mass is 662 g/mol. The van der Waals surface area contributed by atoms with Crippen LogP contribution in [-0.4, -0.2) is 9.55 Å². The molecule has 0 fully saturated rings. The van der Waals surface area contributed by atoms with Crippen LogP contribution >= 0.6 is 0 Å². The third-order valence-electron chi connectivity index (χ3n) is 9.85. The van der Waals surface area contributed by atoms with E-state index in [1.165, 1.54) is 17.7 Å². The number of hydrogen-bond acceptors (Lipinski definition) is 2. The zero-order valence-corrected chi connectivity index (χ0v) is 28.7. The van der Waals surface area contributed by atoms with Crippen LogP contribution < -0.4 is 0 Å². The first-order valence-corrected chi connectivity index (χ1v) is 17.3. The van der Waals surface area contributed by atoms with Gasteiger partial charge in [-0.2, -0.15) is 0 Å². The molecule has 0 saturated heterocycles. The van der Waals surface area contributed by atoms with Crippen LogP contribution in [0.4, 0.5) is 4.39 Å². The van der Waals surface area contributed by atoms with Crippen molar-refractivity contribution < 1.29 is 8.81 Å². The molecule has 9 rings (SSSR count). The van der Waals surface area contributed by atoms with Gasteiger partial charge in [-0.15, -0.1) is 0 Å². The van der Waals surface area contributed by atoms with Crippen molar-refractivity contribution in [1.29, 1.82) is 0 Å². The lowest BCUT2D eigenvalue weighted by molar-refractivity contribution is 0.590. The summed E-state index contributed by atoms with van der Waals surface area (Å²) < 4.78 is 22.8. The lowest BCUT2D eigenvalue weighted by atomic mass is 9.82. The van der Waals surface area contributed by atoms with E-state index in [1.807, 2.05) is 12.1 Å². The maximum Gasteiger partial charge on any atom is 0.149 e. The molecule has 0 spiro atoms. The van der Waals surface area contributed by atoms with Gasteiger partial charge >= 0.3 is 0 Å². The number of para-hydroxylation sites is 3. The molecule has 0 aliphatic heterocycles. The average molecular weight is 663 g/mol. The predicted molar refractivity (Wildman–Crippen MR) is 209 cm³/mol. The summed E-state index contributed by atoms with van der Waals surface area (Å²) in [6.45, 7) is 6.81. The molecule has 246 valence electrons. The fourth-order valence-corrected chi connectivity index (χ4v) is 7.21. The molecule has 9 aromatic rings. The second-order valence-electron chi connectivity index (χ2n) is 14.2. The Labute approximate surface area is 296 Å². The Balaban J connectivity index is 1.37. The van der Waals surface area contributed by atoms with Crippen LogP contribution in [0.15, 0.2) is 162 Å². The summed E-state index contributed by atoms with van der Waals surface area (Å²) in [6, 6.07) is 53.5. The second-order valence-corrected chi connectivity index (χ2v) is 14.2. The maximum atomic E-state index is 13.7. The Bertz CT molecular complexity index is 2650. The van der Waals surface area contributed by atoms with Gasteiger partial charge in [0.05, 0.1) is 22.3 Å². The molecule has 0 saturated carbocycles. The van der Waals surface area contributed by atoms with Gasteiger partial charge in [-0.1, -0.05) is 124 Å². The highest BCUT2D eigenvalue weighted by Gasteiger charge is 2.26. The van der Waals surface area contributed by atoms with Crippen molar-refractivity contribution in [3.05, 3.63) is 169 Å². The Morgan fingerprint density at radius 3 is 1.84 bits per heavy atom. The summed E-state index contributed by atoms with van der Waals surface area (Å²) >= 11 is 0. The molecule has 7 aromatic carbocycles. The SMILES string of the molecule is CC(C)(C)c1cc(-c2ccccc2)c(-n2c(-c3cccc4c3oc3cc(-c5ccc(F)cc5)ccc34)nc3ccccc32)c(-c2ccccc2)c1. The molecule has 3 nitrogen and oxygen atoms in total. The van der Waals surface area contributed by atoms with Gasteiger partial charge in [0.1, 0.15) is 22.8 Å². The van der Waals surface area contributed by atoms with Gasteiger partial charge < -0.3 is 4.42 Å². The van der Waals surface area contributed by atoms with Crippen molar-refractivity contribution in [3.8, 4) is 50.5 Å². The van der Waals surface area contributed by atoms with E-state index in [0.29, 0.717) is 0 Å². The van der Waals surface area contributed by atoms with Crippen molar-refractivity contribution >= 4 is 33.0 Å². The minimum Gasteiger partial charge on any atom is -0.455 e. The van der Waals surface area contributed by atoms with Gasteiger partial charge in [-0.3, -0.25) is 4.57 Å². The van der Waals surface area contributed by atoms with E-state index < -0.39 is 0 Å². The van der Waals surface area contributed by atoms with E-state index in [1.54, 1.807) is 12.1 Å². The van der Waals surface area contributed by atoms with Crippen LogP contribution in [0.3, 0.4) is 0 Å². The summed E-state index contributed by atoms with van der Waals surface area (Å²) in [6.07, 6.45) is 0. The molecule has 0 atom stereocenters. The lowest BCUT2D eigenvalue weighted by Crippen LogP contribution is -2.13. The highest BCUT2D eigenvalue weighted by molar-refractivity contribution is 6.10. The van der Waals surface area contributed by atoms with Crippen molar-refractivity contribution in [3.63, 3.8) is 0 Å². The molecule has 0 unspecified atom stereocenters. The van der Waals surface area contributed by atoms with Gasteiger partial charge in [0.25, 0.3) is 0 Å². The summed E-state index contributed by atoms with van der Waals surface area (Å²) in [5.41, 5.74) is 13.0. The normalized spacial score (nSPS) is 11.9. The molecule has 4 heteroatoms. The zero-order chi connectivity index (χ0) is 34.7. The van der Waals surface area contributed by atoms with Gasteiger partial charge in [0.15, 0.2) is 0 Å². The zero-order valence-electron chi connectivity index (χ0n) is 28.7. The van der Waals surface area contributed by atoms with Gasteiger partial charge in [0.2, 0.25) is 0 Å². The minimum atomic E-state index is -0.255. The fraction of sp³-hybridized carbons (Fsp3) is 0.0851. The van der Waals surface area contributed by atoms with Crippen LogP contribution in [0.25, 0.3) is 83.4 Å². The van der Waals surface area contributed by atoms with Gasteiger partial charge in [-0.05, 0) is 87.8 Å². The Morgan fingerprint density at radius 2 is 1.18 bits per heavy atom. The molecule has 0 bridgehead atoms. The van der Waals surface area contributed by atoms with E-state index in [-0.39, 0.29) is 11.2 Å². The molecular formula is C47H35FN2O. The maximum absolute atomic E-state index is 13.7. The Morgan fingerprint density at radius 1 is 0.549 bits per heavy atom. The van der Waals surface area contributed by atoms with E-state index in [2.05, 4.69) is 147 Å². The highest BCUT2D eigenvalue weighted by Crippen LogP contribution is 2.45. The molecule has 0 aliphatic carbocycles. The van der Waals surface area contributed by atoms with Crippen LogP contribution in [0.5, 0.6) is 0 Å². The molecule has 0 radical (unpaired) electrons. The van der Waals surface area contributed by atoms with Gasteiger partial charge in [0, 0.05) is 21.9 Å².